The second-order valence-electron chi connectivity index (χ2n) is 2.93. The molecule has 0 rings (SSSR count). The number of aliphatic carboxylic acids is 1. The molecule has 0 saturated carbocycles. The van der Waals surface area contributed by atoms with Gasteiger partial charge in [-0.05, 0) is 0 Å². The van der Waals surface area contributed by atoms with E-state index in [0.29, 0.717) is 0 Å². The molecule has 5 heteroatoms. The number of hydrogen-bond acceptors (Lipinski definition) is 3. The van der Waals surface area contributed by atoms with Crippen molar-refractivity contribution in [2.75, 3.05) is 14.2 Å². The lowest BCUT2D eigenvalue weighted by Gasteiger charge is -2.20. The zero-order chi connectivity index (χ0) is 10.6. The van der Waals surface area contributed by atoms with Crippen LogP contribution in [-0.2, 0) is 14.4 Å². The summed E-state index contributed by atoms with van der Waals surface area (Å²) in [5.41, 5.74) is 0. The minimum Gasteiger partial charge on any atom is -0.481 e. The first-order valence-corrected chi connectivity index (χ1v) is 3.96. The third-order valence-electron chi connectivity index (χ3n) is 2.11. The van der Waals surface area contributed by atoms with Gasteiger partial charge >= 0.3 is 5.97 Å². The highest BCUT2D eigenvalue weighted by Crippen LogP contribution is 2.13. The van der Waals surface area contributed by atoms with E-state index < -0.39 is 17.8 Å². The number of rotatable bonds is 4. The summed E-state index contributed by atoms with van der Waals surface area (Å²) in [6.07, 6.45) is 0. The molecule has 2 atom stereocenters. The van der Waals surface area contributed by atoms with E-state index in [-0.39, 0.29) is 5.91 Å². The van der Waals surface area contributed by atoms with Gasteiger partial charge in [0.1, 0.15) is 0 Å². The van der Waals surface area contributed by atoms with Gasteiger partial charge in [-0.25, -0.2) is 5.06 Å². The summed E-state index contributed by atoms with van der Waals surface area (Å²) < 4.78 is 0. The molecule has 0 aromatic heterocycles. The first-order chi connectivity index (χ1) is 5.91. The Kier molecular flexibility index (Phi) is 4.40. The number of hydrogen-bond donors (Lipinski definition) is 1. The molecule has 0 spiro atoms. The Morgan fingerprint density at radius 2 is 1.77 bits per heavy atom. The van der Waals surface area contributed by atoms with Crippen molar-refractivity contribution in [3.63, 3.8) is 0 Å². The zero-order valence-electron chi connectivity index (χ0n) is 8.27. The minimum atomic E-state index is -0.981. The lowest BCUT2D eigenvalue weighted by molar-refractivity contribution is -0.176. The zero-order valence-corrected chi connectivity index (χ0v) is 8.27. The van der Waals surface area contributed by atoms with Crippen LogP contribution in [0, 0.1) is 11.8 Å². The predicted octanol–water partition coefficient (Wildman–Crippen LogP) is 0.363. The lowest BCUT2D eigenvalue weighted by atomic mass is 9.95. The Bertz CT molecular complexity index is 204. The maximum atomic E-state index is 11.4. The molecule has 0 aromatic rings. The van der Waals surface area contributed by atoms with Gasteiger partial charge in [0, 0.05) is 7.05 Å². The Morgan fingerprint density at radius 1 is 1.31 bits per heavy atom. The topological polar surface area (TPSA) is 66.8 Å². The highest BCUT2D eigenvalue weighted by Gasteiger charge is 2.28. The number of carbonyl (C=O) groups excluding carboxylic acids is 1. The minimum absolute atomic E-state index is 0.336. The average molecular weight is 189 g/mol. The van der Waals surface area contributed by atoms with Gasteiger partial charge in [0.15, 0.2) is 0 Å². The average Bonchev–Trinajstić information content (AvgIpc) is 2.12. The molecule has 0 bridgehead atoms. The molecular weight excluding hydrogens is 174 g/mol. The summed E-state index contributed by atoms with van der Waals surface area (Å²) in [4.78, 5) is 26.6. The van der Waals surface area contributed by atoms with Gasteiger partial charge in [0.2, 0.25) is 5.91 Å². The van der Waals surface area contributed by atoms with Crippen molar-refractivity contribution in [3.8, 4) is 0 Å². The number of carboxylic acids is 1. The normalized spacial score (nSPS) is 14.8. The third kappa shape index (κ3) is 3.02. The molecule has 13 heavy (non-hydrogen) atoms. The molecule has 0 saturated heterocycles. The second kappa shape index (κ2) is 4.81. The molecule has 0 fully saturated rings. The summed E-state index contributed by atoms with van der Waals surface area (Å²) >= 11 is 0. The fraction of sp³-hybridized carbons (Fsp3) is 0.750. The first-order valence-electron chi connectivity index (χ1n) is 3.96. The van der Waals surface area contributed by atoms with Crippen LogP contribution in [0.15, 0.2) is 0 Å². The van der Waals surface area contributed by atoms with Gasteiger partial charge in [-0.2, -0.15) is 0 Å². The number of hydroxylamine groups is 2. The van der Waals surface area contributed by atoms with Crippen LogP contribution < -0.4 is 0 Å². The number of carboxylic acid groups (broad SMARTS) is 1. The molecule has 5 nitrogen and oxygen atoms in total. The standard InChI is InChI=1S/C8H15NO4/c1-5(6(2)8(11)12)7(10)9(3)13-4/h5-6H,1-4H3,(H,11,12). The maximum Gasteiger partial charge on any atom is 0.307 e. The molecule has 0 aromatic carbocycles. The molecule has 0 aliphatic rings. The molecule has 1 amide bonds. The molecular formula is C8H15NO4. The Morgan fingerprint density at radius 3 is 2.08 bits per heavy atom. The van der Waals surface area contributed by atoms with E-state index in [4.69, 9.17) is 5.11 Å². The largest absolute Gasteiger partial charge is 0.481 e. The molecule has 0 heterocycles. The Labute approximate surface area is 77.2 Å². The highest BCUT2D eigenvalue weighted by atomic mass is 16.7. The van der Waals surface area contributed by atoms with E-state index in [1.165, 1.54) is 21.1 Å². The van der Waals surface area contributed by atoms with Crippen molar-refractivity contribution < 1.29 is 19.5 Å². The molecule has 0 radical (unpaired) electrons. The maximum absolute atomic E-state index is 11.4. The van der Waals surface area contributed by atoms with Crippen LogP contribution in [0.3, 0.4) is 0 Å². The van der Waals surface area contributed by atoms with Crippen LogP contribution in [-0.4, -0.2) is 36.2 Å². The van der Waals surface area contributed by atoms with Crippen molar-refractivity contribution in [1.82, 2.24) is 5.06 Å². The van der Waals surface area contributed by atoms with Gasteiger partial charge in [-0.15, -0.1) is 0 Å². The summed E-state index contributed by atoms with van der Waals surface area (Å²) in [6.45, 7) is 3.06. The number of amides is 1. The van der Waals surface area contributed by atoms with Gasteiger partial charge in [-0.1, -0.05) is 13.8 Å². The summed E-state index contributed by atoms with van der Waals surface area (Å²) in [5.74, 6) is -2.60. The van der Waals surface area contributed by atoms with Gasteiger partial charge < -0.3 is 5.11 Å². The molecule has 1 N–H and O–H groups in total. The van der Waals surface area contributed by atoms with Crippen LogP contribution in [0.2, 0.25) is 0 Å². The van der Waals surface area contributed by atoms with Crippen LogP contribution in [0.5, 0.6) is 0 Å². The lowest BCUT2D eigenvalue weighted by Crippen LogP contribution is -2.36. The monoisotopic (exact) mass is 189 g/mol. The highest BCUT2D eigenvalue weighted by molar-refractivity contribution is 5.83. The smallest absolute Gasteiger partial charge is 0.307 e. The fourth-order valence-corrected chi connectivity index (χ4v) is 0.804. The van der Waals surface area contributed by atoms with Gasteiger partial charge in [0.25, 0.3) is 0 Å². The van der Waals surface area contributed by atoms with Crippen LogP contribution in [0.25, 0.3) is 0 Å². The van der Waals surface area contributed by atoms with Gasteiger partial charge in [-0.3, -0.25) is 14.4 Å². The SMILES string of the molecule is CON(C)C(=O)C(C)C(C)C(=O)O. The molecule has 76 valence electrons. The van der Waals surface area contributed by atoms with E-state index in [0.717, 1.165) is 5.06 Å². The van der Waals surface area contributed by atoms with Crippen LogP contribution in [0.1, 0.15) is 13.8 Å². The van der Waals surface area contributed by atoms with Crippen LogP contribution >= 0.6 is 0 Å². The quantitative estimate of drug-likeness (QED) is 0.648. The number of nitrogens with zero attached hydrogens (tertiary/aromatic N) is 1. The predicted molar refractivity (Wildman–Crippen MR) is 45.7 cm³/mol. The van der Waals surface area contributed by atoms with E-state index in [9.17, 15) is 9.59 Å². The van der Waals surface area contributed by atoms with Gasteiger partial charge in [0.05, 0.1) is 18.9 Å². The first kappa shape index (κ1) is 11.9. The summed E-state index contributed by atoms with van der Waals surface area (Å²) in [6, 6.07) is 0. The van der Waals surface area contributed by atoms with Crippen LogP contribution in [0.4, 0.5) is 0 Å². The van der Waals surface area contributed by atoms with E-state index in [2.05, 4.69) is 4.84 Å². The summed E-state index contributed by atoms with van der Waals surface area (Å²) in [5, 5.41) is 9.68. The van der Waals surface area contributed by atoms with Crippen molar-refractivity contribution in [2.24, 2.45) is 11.8 Å². The van der Waals surface area contributed by atoms with Crippen molar-refractivity contribution in [2.45, 2.75) is 13.8 Å². The molecule has 2 unspecified atom stereocenters. The molecule has 0 aliphatic heterocycles. The second-order valence-corrected chi connectivity index (χ2v) is 2.93. The fourth-order valence-electron chi connectivity index (χ4n) is 0.804. The molecule has 0 aliphatic carbocycles. The van der Waals surface area contributed by atoms with Crippen molar-refractivity contribution in [3.05, 3.63) is 0 Å². The Balaban J connectivity index is 4.33. The summed E-state index contributed by atoms with van der Waals surface area (Å²) in [7, 11) is 2.81. The van der Waals surface area contributed by atoms with Crippen molar-refractivity contribution in [1.29, 1.82) is 0 Å². The van der Waals surface area contributed by atoms with E-state index >= 15 is 0 Å². The van der Waals surface area contributed by atoms with E-state index in [1.54, 1.807) is 6.92 Å². The third-order valence-corrected chi connectivity index (χ3v) is 2.11. The van der Waals surface area contributed by atoms with Crippen molar-refractivity contribution >= 4 is 11.9 Å². The number of carbonyl (C=O) groups is 2. The Hall–Kier alpha value is -1.10. The van der Waals surface area contributed by atoms with E-state index in [1.807, 2.05) is 0 Å².